The van der Waals surface area contributed by atoms with Crippen molar-refractivity contribution in [1.29, 1.82) is 0 Å². The number of nitrogens with zero attached hydrogens (tertiary/aromatic N) is 2. The third-order valence-corrected chi connectivity index (χ3v) is 9.43. The van der Waals surface area contributed by atoms with E-state index in [1.54, 1.807) is 0 Å². The molecule has 1 heterocycles. The lowest BCUT2D eigenvalue weighted by Gasteiger charge is -2.51. The quantitative estimate of drug-likeness (QED) is 0.231. The maximum Gasteiger partial charge on any atom is 0.284 e. The van der Waals surface area contributed by atoms with Gasteiger partial charge in [0.1, 0.15) is 0 Å². The number of hydrogen-bond donors (Lipinski definition) is 1. The molecular weight excluding hydrogens is 510 g/mol. The number of aromatic nitrogens is 1. The van der Waals surface area contributed by atoms with Crippen LogP contribution in [0.2, 0.25) is 0 Å². The van der Waals surface area contributed by atoms with Crippen molar-refractivity contribution in [2.45, 2.75) is 31.2 Å². The molecule has 8 rings (SSSR count). The molecule has 40 heavy (non-hydrogen) atoms. The van der Waals surface area contributed by atoms with E-state index in [-0.39, 0.29) is 11.8 Å². The molecule has 1 aromatic heterocycles. The number of anilines is 1. The van der Waals surface area contributed by atoms with E-state index >= 15 is 0 Å². The first kappa shape index (κ1) is 24.5. The highest BCUT2D eigenvalue weighted by Gasteiger charge is 2.64. The summed E-state index contributed by atoms with van der Waals surface area (Å²) in [5.74, 6) is -0.200. The molecule has 3 aliphatic carbocycles. The smallest absolute Gasteiger partial charge is 0.284 e. The average Bonchev–Trinajstić information content (AvgIpc) is 3.44. The topological polar surface area (TPSA) is 46.4 Å². The van der Waals surface area contributed by atoms with Crippen molar-refractivity contribution in [3.05, 3.63) is 153 Å². The molecule has 0 saturated carbocycles. The highest BCUT2D eigenvalue weighted by atomic mass is 32.1. The normalized spacial score (nSPS) is 22.1. The highest BCUT2D eigenvalue weighted by molar-refractivity contribution is 7.13. The number of rotatable bonds is 5. The first-order chi connectivity index (χ1) is 19.5. The zero-order chi connectivity index (χ0) is 27.3. The van der Waals surface area contributed by atoms with Crippen LogP contribution in [0.15, 0.2) is 109 Å². The Kier molecular flexibility index (Phi) is 5.69. The van der Waals surface area contributed by atoms with Crippen LogP contribution in [-0.4, -0.2) is 10.9 Å². The van der Waals surface area contributed by atoms with Crippen molar-refractivity contribution in [3.63, 3.8) is 0 Å². The van der Waals surface area contributed by atoms with Crippen molar-refractivity contribution in [2.24, 2.45) is 5.41 Å². The highest BCUT2D eigenvalue weighted by Crippen LogP contribution is 2.64. The lowest BCUT2D eigenvalue weighted by atomic mass is 9.49. The van der Waals surface area contributed by atoms with Crippen molar-refractivity contribution < 1.29 is 4.79 Å². The van der Waals surface area contributed by atoms with Gasteiger partial charge in [0.2, 0.25) is 5.91 Å². The Morgan fingerprint density at radius 2 is 1.50 bits per heavy atom. The Balaban J connectivity index is 1.14. The summed E-state index contributed by atoms with van der Waals surface area (Å²) in [6.45, 7) is 10.3. The minimum atomic E-state index is -0.867. The second kappa shape index (κ2) is 9.29. The summed E-state index contributed by atoms with van der Waals surface area (Å²) in [5.41, 5.74) is 7.07. The van der Waals surface area contributed by atoms with Crippen LogP contribution in [0.3, 0.4) is 0 Å². The Labute approximate surface area is 238 Å². The molecule has 4 aromatic carbocycles. The minimum absolute atomic E-state index is 0.0809. The Bertz CT molecular complexity index is 1740. The van der Waals surface area contributed by atoms with Gasteiger partial charge >= 0.3 is 0 Å². The monoisotopic (exact) mass is 537 g/mol. The van der Waals surface area contributed by atoms with E-state index < -0.39 is 11.0 Å². The second-order valence-corrected chi connectivity index (χ2v) is 11.9. The summed E-state index contributed by atoms with van der Waals surface area (Å²) in [5, 5.41) is 5.76. The molecule has 1 N–H and O–H groups in total. The van der Waals surface area contributed by atoms with Crippen LogP contribution < -0.4 is 5.32 Å². The Morgan fingerprint density at radius 1 is 0.900 bits per heavy atom. The van der Waals surface area contributed by atoms with Crippen LogP contribution in [0.5, 0.6) is 0 Å². The van der Waals surface area contributed by atoms with E-state index in [4.69, 9.17) is 11.6 Å². The summed E-state index contributed by atoms with van der Waals surface area (Å²) >= 11 is 1.45. The summed E-state index contributed by atoms with van der Waals surface area (Å²) in [7, 11) is 0. The molecule has 0 spiro atoms. The van der Waals surface area contributed by atoms with Gasteiger partial charge in [-0.2, -0.15) is 0 Å². The van der Waals surface area contributed by atoms with Crippen LogP contribution in [0.25, 0.3) is 16.0 Å². The van der Waals surface area contributed by atoms with Crippen LogP contribution >= 0.6 is 11.3 Å². The number of thiazole rings is 1. The molecule has 1 unspecified atom stereocenters. The molecule has 194 valence electrons. The molecule has 1 atom stereocenters. The largest absolute Gasteiger partial charge is 0.301 e. The standard InChI is InChI=1S/C35H27N3OS/c1-34(22-35(36-2)29-14-8-6-12-27(29)31(34)28-13-7-9-15-30(28)35)32(39)38-33-37-26(21-40-33)20-23-16-18-25(19-17-23)24-10-4-3-5-11-24/h3-19,21,31H,20,22H2,1H3,(H,37,38,39). The van der Waals surface area contributed by atoms with Crippen molar-refractivity contribution in [1.82, 2.24) is 4.98 Å². The van der Waals surface area contributed by atoms with Crippen LogP contribution in [0.1, 0.15) is 52.8 Å². The number of benzene rings is 4. The van der Waals surface area contributed by atoms with Gasteiger partial charge in [-0.25, -0.2) is 11.6 Å². The van der Waals surface area contributed by atoms with Gasteiger partial charge in [-0.3, -0.25) is 9.64 Å². The SMILES string of the molecule is [C-]#[N+]C12CC(C)(C(=O)Nc3nc(Cc4ccc(-c5ccccc5)cc4)cs3)C(c3ccccc31)c1ccccc12. The average molecular weight is 538 g/mol. The van der Waals surface area contributed by atoms with Gasteiger partial charge < -0.3 is 5.32 Å². The molecule has 2 bridgehead atoms. The van der Waals surface area contributed by atoms with E-state index in [2.05, 4.69) is 70.8 Å². The second-order valence-electron chi connectivity index (χ2n) is 11.0. The van der Waals surface area contributed by atoms with E-state index in [0.717, 1.165) is 27.9 Å². The molecule has 5 heteroatoms. The maximum absolute atomic E-state index is 14.0. The van der Waals surface area contributed by atoms with Crippen molar-refractivity contribution in [3.8, 4) is 11.1 Å². The lowest BCUT2D eigenvalue weighted by Crippen LogP contribution is -2.53. The number of carbonyl (C=O) groups is 1. The van der Waals surface area contributed by atoms with Crippen LogP contribution in [0.4, 0.5) is 5.13 Å². The summed E-state index contributed by atoms with van der Waals surface area (Å²) < 4.78 is 0. The third kappa shape index (κ3) is 3.71. The number of hydrogen-bond acceptors (Lipinski definition) is 3. The lowest BCUT2D eigenvalue weighted by molar-refractivity contribution is -0.127. The molecule has 5 aromatic rings. The number of nitrogens with one attached hydrogen (secondary N) is 1. The van der Waals surface area contributed by atoms with Gasteiger partial charge in [0.15, 0.2) is 5.13 Å². The van der Waals surface area contributed by atoms with Crippen LogP contribution in [-0.2, 0) is 16.8 Å². The summed E-state index contributed by atoms with van der Waals surface area (Å²) in [4.78, 5) is 23.1. The molecule has 1 amide bonds. The summed E-state index contributed by atoms with van der Waals surface area (Å²) in [6, 6.07) is 35.2. The minimum Gasteiger partial charge on any atom is -0.301 e. The summed E-state index contributed by atoms with van der Waals surface area (Å²) in [6.07, 6.45) is 1.14. The van der Waals surface area contributed by atoms with Gasteiger partial charge in [0, 0.05) is 35.3 Å². The molecule has 4 nitrogen and oxygen atoms in total. The van der Waals surface area contributed by atoms with E-state index in [9.17, 15) is 4.79 Å². The van der Waals surface area contributed by atoms with Gasteiger partial charge in [-0.05, 0) is 34.7 Å². The van der Waals surface area contributed by atoms with Gasteiger partial charge in [0.25, 0.3) is 5.54 Å². The predicted molar refractivity (Wildman–Crippen MR) is 160 cm³/mol. The fourth-order valence-electron chi connectivity index (χ4n) is 6.79. The first-order valence-electron chi connectivity index (χ1n) is 13.5. The maximum atomic E-state index is 14.0. The first-order valence-corrected chi connectivity index (χ1v) is 14.4. The van der Waals surface area contributed by atoms with E-state index in [0.29, 0.717) is 18.0 Å². The molecule has 3 aliphatic rings. The van der Waals surface area contributed by atoms with Gasteiger partial charge in [0.05, 0.1) is 11.1 Å². The van der Waals surface area contributed by atoms with Gasteiger partial charge in [-0.1, -0.05) is 103 Å². The van der Waals surface area contributed by atoms with E-state index in [1.807, 2.05) is 54.8 Å². The Hall–Kier alpha value is -4.53. The number of amides is 1. The van der Waals surface area contributed by atoms with Crippen LogP contribution in [0, 0.1) is 12.0 Å². The third-order valence-electron chi connectivity index (χ3n) is 8.62. The number of fused-ring (bicyclic) bond motifs is 1. The van der Waals surface area contributed by atoms with E-state index in [1.165, 1.54) is 28.0 Å². The zero-order valence-electron chi connectivity index (χ0n) is 22.1. The fraction of sp³-hybridized carbons (Fsp3) is 0.171. The van der Waals surface area contributed by atoms with Gasteiger partial charge in [-0.15, -0.1) is 11.3 Å². The molecule has 0 radical (unpaired) electrons. The van der Waals surface area contributed by atoms with Crippen molar-refractivity contribution in [2.75, 3.05) is 5.32 Å². The molecule has 0 fully saturated rings. The zero-order valence-corrected chi connectivity index (χ0v) is 22.9. The molecular formula is C35H27N3OS. The number of carbonyl (C=O) groups excluding carboxylic acids is 1. The predicted octanol–water partition coefficient (Wildman–Crippen LogP) is 8.06. The fourth-order valence-corrected chi connectivity index (χ4v) is 7.49. The van der Waals surface area contributed by atoms with Crippen molar-refractivity contribution >= 4 is 22.4 Å². The molecule has 0 aliphatic heterocycles. The molecule has 0 saturated heterocycles. The Morgan fingerprint density at radius 3 is 2.15 bits per heavy atom.